The Morgan fingerprint density at radius 2 is 1.95 bits per heavy atom. The fourth-order valence-corrected chi connectivity index (χ4v) is 2.75. The molecule has 104 valence electrons. The van der Waals surface area contributed by atoms with E-state index in [-0.39, 0.29) is 5.75 Å². The maximum Gasteiger partial charge on any atom is 0.524 e. The largest absolute Gasteiger partial charge is 0.524 e. The molecule has 2 rings (SSSR count). The molecule has 0 aliphatic heterocycles. The highest BCUT2D eigenvalue weighted by molar-refractivity contribution is 8.03. The molecule has 0 amide bonds. The smallest absolute Gasteiger partial charge is 0.404 e. The lowest BCUT2D eigenvalue weighted by molar-refractivity contribution is -0.00538. The van der Waals surface area contributed by atoms with E-state index in [0.717, 1.165) is 9.80 Å². The quantitative estimate of drug-likeness (QED) is 0.505. The van der Waals surface area contributed by atoms with Crippen molar-refractivity contribution in [2.75, 3.05) is 0 Å². The minimum atomic E-state index is -4.51. The van der Waals surface area contributed by atoms with Gasteiger partial charge in [0.25, 0.3) is 5.71 Å². The number of thioether (sulfide) groups is 1. The van der Waals surface area contributed by atoms with Crippen LogP contribution in [-0.4, -0.2) is 20.3 Å². The summed E-state index contributed by atoms with van der Waals surface area (Å²) < 4.78 is 15.1. The van der Waals surface area contributed by atoms with Gasteiger partial charge in [0.15, 0.2) is 0 Å². The van der Waals surface area contributed by atoms with Crippen molar-refractivity contribution in [3.8, 4) is 5.75 Å². The van der Waals surface area contributed by atoms with Crippen LogP contribution in [0.3, 0.4) is 0 Å². The van der Waals surface area contributed by atoms with Crippen LogP contribution in [0.4, 0.5) is 0 Å². The maximum atomic E-state index is 10.7. The highest BCUT2D eigenvalue weighted by Crippen LogP contribution is 2.38. The van der Waals surface area contributed by atoms with Crippen molar-refractivity contribution in [1.29, 1.82) is 0 Å². The van der Waals surface area contributed by atoms with Crippen LogP contribution in [0.2, 0.25) is 0 Å². The average molecular weight is 310 g/mol. The Bertz CT molecular complexity index is 657. The minimum Gasteiger partial charge on any atom is -0.404 e. The van der Waals surface area contributed by atoms with Crippen LogP contribution in [-0.2, 0) is 4.57 Å². The highest BCUT2D eigenvalue weighted by atomic mass is 32.2. The monoisotopic (exact) mass is 310 g/mol. The van der Waals surface area contributed by atoms with Crippen molar-refractivity contribution in [2.45, 2.75) is 11.3 Å². The summed E-state index contributed by atoms with van der Waals surface area (Å²) in [6.07, 6.45) is 6.06. The fraction of sp³-hybridized carbons (Fsp3) is 0.0833. The van der Waals surface area contributed by atoms with E-state index in [1.807, 2.05) is 12.2 Å². The van der Waals surface area contributed by atoms with Crippen LogP contribution in [0, 0.1) is 0 Å². The molecule has 1 aliphatic rings. The van der Waals surface area contributed by atoms with E-state index in [0.29, 0.717) is 12.1 Å². The summed E-state index contributed by atoms with van der Waals surface area (Å²) in [6.45, 7) is 0. The number of hydrogen-bond donors (Lipinski definition) is 2. The van der Waals surface area contributed by atoms with Crippen molar-refractivity contribution in [3.63, 3.8) is 0 Å². The first kappa shape index (κ1) is 14.8. The molecule has 0 saturated carbocycles. The first-order valence-electron chi connectivity index (χ1n) is 5.58. The Balaban J connectivity index is 2.02. The summed E-state index contributed by atoms with van der Waals surface area (Å²) in [5.41, 5.74) is 9.21. The lowest BCUT2D eigenvalue weighted by Crippen LogP contribution is -1.97. The second-order valence-electron chi connectivity index (χ2n) is 3.89. The number of nitrogens with zero attached hydrogens (tertiary/aromatic N) is 2. The van der Waals surface area contributed by atoms with Crippen LogP contribution >= 0.6 is 19.6 Å². The summed E-state index contributed by atoms with van der Waals surface area (Å²) in [6, 6.07) is 6.41. The highest BCUT2D eigenvalue weighted by Gasteiger charge is 2.15. The van der Waals surface area contributed by atoms with E-state index >= 15 is 0 Å². The summed E-state index contributed by atoms with van der Waals surface area (Å²) in [5.74, 6) is 0.116. The fourth-order valence-electron chi connectivity index (χ4n) is 1.51. The van der Waals surface area contributed by atoms with E-state index in [4.69, 9.17) is 15.3 Å². The molecule has 0 heterocycles. The van der Waals surface area contributed by atoms with E-state index < -0.39 is 7.82 Å². The topological polar surface area (TPSA) is 103 Å². The van der Waals surface area contributed by atoms with Crippen LogP contribution in [0.15, 0.2) is 52.3 Å². The Hall–Kier alpha value is -1.62. The Morgan fingerprint density at radius 1 is 1.25 bits per heavy atom. The first-order chi connectivity index (χ1) is 9.46. The summed E-state index contributed by atoms with van der Waals surface area (Å²) in [7, 11) is -4.51. The third-order valence-electron chi connectivity index (χ3n) is 2.36. The van der Waals surface area contributed by atoms with Gasteiger partial charge in [0.1, 0.15) is 5.75 Å². The molecule has 0 spiro atoms. The van der Waals surface area contributed by atoms with E-state index in [2.05, 4.69) is 9.31 Å². The standard InChI is InChI=1S/C12H11N2O4PS/c13-14-9-1-5-11(6-2-9)20-12-7-3-10(4-8-12)18-19(15,16)17/h1,3-8H,2H2,(H2,15,16,17). The Morgan fingerprint density at radius 3 is 2.45 bits per heavy atom. The minimum absolute atomic E-state index is 0.116. The first-order valence-corrected chi connectivity index (χ1v) is 7.93. The number of rotatable bonds is 4. The van der Waals surface area contributed by atoms with Crippen molar-refractivity contribution in [3.05, 3.63) is 52.9 Å². The van der Waals surface area contributed by atoms with Crippen LogP contribution in [0.5, 0.6) is 5.75 Å². The summed E-state index contributed by atoms with van der Waals surface area (Å²) >= 11 is 1.49. The number of phosphoric ester groups is 1. The van der Waals surface area contributed by atoms with Gasteiger partial charge < -0.3 is 10.1 Å². The van der Waals surface area contributed by atoms with Crippen LogP contribution in [0.1, 0.15) is 6.42 Å². The molecule has 0 unspecified atom stereocenters. The van der Waals surface area contributed by atoms with Gasteiger partial charge in [0.05, 0.1) is 6.42 Å². The van der Waals surface area contributed by atoms with Gasteiger partial charge in [-0.05, 0) is 30.3 Å². The predicted octanol–water partition coefficient (Wildman–Crippen LogP) is 2.76. The molecule has 1 aromatic rings. The zero-order valence-corrected chi connectivity index (χ0v) is 11.9. The zero-order valence-electron chi connectivity index (χ0n) is 10.2. The van der Waals surface area contributed by atoms with Crippen molar-refractivity contribution < 1.29 is 23.7 Å². The molecule has 0 aromatic heterocycles. The van der Waals surface area contributed by atoms with Gasteiger partial charge in [-0.25, -0.2) is 4.57 Å². The third kappa shape index (κ3) is 4.49. The normalized spacial score (nSPS) is 14.7. The second kappa shape index (κ2) is 6.22. The molecule has 8 heteroatoms. The van der Waals surface area contributed by atoms with Crippen molar-refractivity contribution in [1.82, 2.24) is 0 Å². The molecular weight excluding hydrogens is 299 g/mol. The Kier molecular flexibility index (Phi) is 4.60. The van der Waals surface area contributed by atoms with Gasteiger partial charge >= 0.3 is 7.82 Å². The molecule has 6 nitrogen and oxygen atoms in total. The van der Waals surface area contributed by atoms with Crippen LogP contribution in [0.25, 0.3) is 5.53 Å². The van der Waals surface area contributed by atoms with Crippen LogP contribution < -0.4 is 4.52 Å². The van der Waals surface area contributed by atoms with E-state index in [1.54, 1.807) is 18.2 Å². The van der Waals surface area contributed by atoms with E-state index in [1.165, 1.54) is 23.9 Å². The van der Waals surface area contributed by atoms with Gasteiger partial charge in [-0.3, -0.25) is 9.79 Å². The summed E-state index contributed by atoms with van der Waals surface area (Å²) in [4.78, 5) is 22.4. The molecule has 1 aliphatic carbocycles. The van der Waals surface area contributed by atoms with E-state index in [9.17, 15) is 4.57 Å². The lowest BCUT2D eigenvalue weighted by atomic mass is 10.2. The molecule has 2 N–H and O–H groups in total. The maximum absolute atomic E-state index is 10.7. The van der Waals surface area contributed by atoms with Gasteiger partial charge in [-0.15, -0.1) is 0 Å². The molecular formula is C12H11N2O4PS. The van der Waals surface area contributed by atoms with Crippen molar-refractivity contribution in [2.24, 2.45) is 0 Å². The van der Waals surface area contributed by atoms with Gasteiger partial charge in [-0.1, -0.05) is 17.8 Å². The van der Waals surface area contributed by atoms with Gasteiger partial charge in [0, 0.05) is 15.9 Å². The molecule has 20 heavy (non-hydrogen) atoms. The SMILES string of the molecule is [N-]=[N+]=C1C=CC(Sc2ccc(OP(=O)(O)O)cc2)=CC1. The number of benzene rings is 1. The van der Waals surface area contributed by atoms with Gasteiger partial charge in [0.2, 0.25) is 0 Å². The molecule has 1 aromatic carbocycles. The second-order valence-corrected chi connectivity index (χ2v) is 6.20. The number of phosphoric acid groups is 1. The summed E-state index contributed by atoms with van der Waals surface area (Å²) in [5, 5.41) is 0. The number of allylic oxidation sites excluding steroid dienone is 3. The molecule has 0 fully saturated rings. The number of hydrogen-bond acceptors (Lipinski definition) is 3. The van der Waals surface area contributed by atoms with Gasteiger partial charge in [-0.2, -0.15) is 4.79 Å². The third-order valence-corrected chi connectivity index (χ3v) is 3.86. The zero-order chi connectivity index (χ0) is 14.6. The predicted molar refractivity (Wildman–Crippen MR) is 75.4 cm³/mol. The Labute approximate surface area is 119 Å². The lowest BCUT2D eigenvalue weighted by Gasteiger charge is -2.08. The molecule has 0 atom stereocenters. The molecule has 0 radical (unpaired) electrons. The molecule has 0 bridgehead atoms. The molecule has 0 saturated heterocycles. The van der Waals surface area contributed by atoms with Crippen molar-refractivity contribution >= 4 is 25.3 Å². The average Bonchev–Trinajstić information content (AvgIpc) is 2.40.